The van der Waals surface area contributed by atoms with Crippen molar-refractivity contribution < 1.29 is 42.7 Å². The second kappa shape index (κ2) is 17.5. The molecule has 14 nitrogen and oxygen atoms in total. The number of esters is 1. The van der Waals surface area contributed by atoms with Gasteiger partial charge in [0.25, 0.3) is 0 Å². The van der Waals surface area contributed by atoms with Crippen molar-refractivity contribution in [1.29, 1.82) is 0 Å². The van der Waals surface area contributed by atoms with E-state index in [-0.39, 0.29) is 19.5 Å². The van der Waals surface area contributed by atoms with E-state index >= 15 is 0 Å². The maximum atomic E-state index is 14.6. The SMILES string of the molecule is CCCCC=CC(=O)NC(Cc1cccc(F)c1)C(=O)NC1C(=O)N2CCCC2C(=O)N(C)C2(CCC2)C(=O)NC(C)C(=O)N2CCCC2C(=O)OC1C. The number of nitrogens with zero attached hydrogens (tertiary/aromatic N) is 3. The number of ether oxygens (including phenoxy) is 1. The third kappa shape index (κ3) is 8.76. The molecule has 3 N–H and O–H groups in total. The lowest BCUT2D eigenvalue weighted by Gasteiger charge is -2.48. The number of carbonyl (C=O) groups excluding carboxylic acids is 7. The Balaban J connectivity index is 1.48. The molecule has 6 unspecified atom stereocenters. The molecule has 6 amide bonds. The van der Waals surface area contributed by atoms with Gasteiger partial charge >= 0.3 is 5.97 Å². The van der Waals surface area contributed by atoms with Crippen LogP contribution in [0.25, 0.3) is 0 Å². The first-order valence-corrected chi connectivity index (χ1v) is 19.2. The molecule has 0 bridgehead atoms. The molecule has 3 aliphatic heterocycles. The third-order valence-electron chi connectivity index (χ3n) is 11.2. The highest BCUT2D eigenvalue weighted by Crippen LogP contribution is 2.39. The van der Waals surface area contributed by atoms with Crippen LogP contribution in [0.1, 0.15) is 90.5 Å². The van der Waals surface area contributed by atoms with E-state index < -0.39 is 89.1 Å². The molecule has 0 radical (unpaired) electrons. The van der Waals surface area contributed by atoms with Crippen molar-refractivity contribution in [3.63, 3.8) is 0 Å². The number of likely N-dealkylation sites (N-methyl/N-ethyl adjacent to an activating group) is 1. The van der Waals surface area contributed by atoms with E-state index in [9.17, 15) is 38.0 Å². The van der Waals surface area contributed by atoms with Gasteiger partial charge in [0.2, 0.25) is 35.4 Å². The minimum Gasteiger partial charge on any atom is -0.458 e. The first-order valence-electron chi connectivity index (χ1n) is 19.2. The topological polar surface area (TPSA) is 175 Å². The molecular weight excluding hydrogens is 699 g/mol. The minimum atomic E-state index is -1.51. The van der Waals surface area contributed by atoms with Crippen molar-refractivity contribution in [3.8, 4) is 0 Å². The average Bonchev–Trinajstić information content (AvgIpc) is 3.81. The summed E-state index contributed by atoms with van der Waals surface area (Å²) in [6.45, 7) is 5.44. The minimum absolute atomic E-state index is 0.121. The Bertz CT molecular complexity index is 1650. The lowest BCUT2D eigenvalue weighted by atomic mass is 9.74. The van der Waals surface area contributed by atoms with Gasteiger partial charge in [0.15, 0.2) is 0 Å². The van der Waals surface area contributed by atoms with E-state index in [4.69, 9.17) is 4.74 Å². The Morgan fingerprint density at radius 2 is 1.69 bits per heavy atom. The molecule has 294 valence electrons. The van der Waals surface area contributed by atoms with Crippen LogP contribution in [-0.2, 0) is 44.7 Å². The molecule has 4 fully saturated rings. The summed E-state index contributed by atoms with van der Waals surface area (Å²) >= 11 is 0. The van der Waals surface area contributed by atoms with Crippen molar-refractivity contribution in [3.05, 3.63) is 47.8 Å². The van der Waals surface area contributed by atoms with Gasteiger partial charge in [-0.25, -0.2) is 9.18 Å². The Labute approximate surface area is 315 Å². The number of unbranched alkanes of at least 4 members (excludes halogenated alkanes) is 2. The van der Waals surface area contributed by atoms with Crippen LogP contribution in [0.5, 0.6) is 0 Å². The largest absolute Gasteiger partial charge is 0.458 e. The molecule has 1 spiro atoms. The van der Waals surface area contributed by atoms with Crippen molar-refractivity contribution in [1.82, 2.24) is 30.7 Å². The van der Waals surface area contributed by atoms with Gasteiger partial charge in [-0.15, -0.1) is 0 Å². The van der Waals surface area contributed by atoms with Gasteiger partial charge in [0, 0.05) is 26.6 Å². The fraction of sp³-hybridized carbons (Fsp3) is 0.615. The number of carbonyl (C=O) groups is 7. The Morgan fingerprint density at radius 3 is 2.33 bits per heavy atom. The predicted molar refractivity (Wildman–Crippen MR) is 195 cm³/mol. The molecule has 3 saturated heterocycles. The fourth-order valence-corrected chi connectivity index (χ4v) is 7.85. The van der Waals surface area contributed by atoms with E-state index in [0.717, 1.165) is 12.8 Å². The van der Waals surface area contributed by atoms with Gasteiger partial charge in [0.05, 0.1) is 0 Å². The molecule has 1 aliphatic carbocycles. The second-order valence-electron chi connectivity index (χ2n) is 14.9. The molecule has 1 aromatic rings. The second-order valence-corrected chi connectivity index (χ2v) is 14.9. The highest BCUT2D eigenvalue weighted by Gasteiger charge is 2.53. The quantitative estimate of drug-likeness (QED) is 0.195. The lowest BCUT2D eigenvalue weighted by molar-refractivity contribution is -0.164. The standard InChI is InChI=1S/C39H53FN6O8/c1-5-6-7-8-17-31(47)42-28(23-26-13-9-14-27(40)22-26)33(48)43-32-25(3)54-37(52)30-16-11-21-46(30)34(49)24(2)41-38(53)39(18-12-19-39)44(4)35(50)29-15-10-20-45(29)36(32)51/h8-9,13-14,17,22,24-25,28-30,32H,5-7,10-12,15-16,18-21,23H2,1-4H3,(H,41,53)(H,42,47)(H,43,48). The van der Waals surface area contributed by atoms with E-state index in [1.807, 2.05) is 6.92 Å². The molecule has 15 heteroatoms. The van der Waals surface area contributed by atoms with Crippen LogP contribution in [0.4, 0.5) is 4.39 Å². The van der Waals surface area contributed by atoms with Crippen molar-refractivity contribution >= 4 is 41.4 Å². The molecule has 1 saturated carbocycles. The lowest BCUT2D eigenvalue weighted by Crippen LogP contribution is -2.68. The highest BCUT2D eigenvalue weighted by atomic mass is 19.1. The van der Waals surface area contributed by atoms with Crippen molar-refractivity contribution in [2.75, 3.05) is 20.1 Å². The Hall–Kier alpha value is -4.82. The van der Waals surface area contributed by atoms with Gasteiger partial charge in [-0.05, 0) is 89.0 Å². The molecule has 0 aromatic heterocycles. The summed E-state index contributed by atoms with van der Waals surface area (Å²) < 4.78 is 20.0. The van der Waals surface area contributed by atoms with E-state index in [1.54, 1.807) is 19.1 Å². The normalized spacial score (nSPS) is 26.9. The number of nitrogens with one attached hydrogen (secondary N) is 3. The summed E-state index contributed by atoms with van der Waals surface area (Å²) in [5.41, 5.74) is -0.797. The van der Waals surface area contributed by atoms with Gasteiger partial charge in [-0.3, -0.25) is 28.8 Å². The van der Waals surface area contributed by atoms with Gasteiger partial charge in [0.1, 0.15) is 47.7 Å². The zero-order valence-electron chi connectivity index (χ0n) is 31.6. The van der Waals surface area contributed by atoms with Crippen molar-refractivity contribution in [2.45, 2.75) is 133 Å². The summed E-state index contributed by atoms with van der Waals surface area (Å²) in [4.78, 5) is 101. The number of fused-ring (bicyclic) bond motifs is 2. The number of hydrogen-bond donors (Lipinski definition) is 3. The number of hydrogen-bond acceptors (Lipinski definition) is 8. The number of amides is 6. The predicted octanol–water partition coefficient (Wildman–Crippen LogP) is 1.90. The summed E-state index contributed by atoms with van der Waals surface area (Å²) in [5, 5.41) is 8.17. The Kier molecular flexibility index (Phi) is 13.1. The molecule has 4 aliphatic rings. The van der Waals surface area contributed by atoms with Gasteiger partial charge in [-0.1, -0.05) is 38.0 Å². The maximum absolute atomic E-state index is 14.6. The molecule has 54 heavy (non-hydrogen) atoms. The van der Waals surface area contributed by atoms with Crippen LogP contribution in [0.15, 0.2) is 36.4 Å². The van der Waals surface area contributed by atoms with Crippen LogP contribution in [-0.4, -0.2) is 118 Å². The van der Waals surface area contributed by atoms with Crippen molar-refractivity contribution in [2.24, 2.45) is 0 Å². The molecular formula is C39H53FN6O8. The summed E-state index contributed by atoms with van der Waals surface area (Å²) in [5.74, 6) is -4.76. The number of benzene rings is 1. The van der Waals surface area contributed by atoms with Crippen LogP contribution in [0, 0.1) is 5.82 Å². The van der Waals surface area contributed by atoms with E-state index in [2.05, 4.69) is 16.0 Å². The first-order chi connectivity index (χ1) is 25.8. The van der Waals surface area contributed by atoms with Crippen LogP contribution >= 0.6 is 0 Å². The third-order valence-corrected chi connectivity index (χ3v) is 11.2. The van der Waals surface area contributed by atoms with Crippen LogP contribution in [0.3, 0.4) is 0 Å². The molecule has 6 atom stereocenters. The molecule has 1 aromatic carbocycles. The summed E-state index contributed by atoms with van der Waals surface area (Å²) in [6.07, 6.45) is 7.09. The zero-order chi connectivity index (χ0) is 39.2. The fourth-order valence-electron chi connectivity index (χ4n) is 7.85. The molecule has 3 heterocycles. The van der Waals surface area contributed by atoms with E-state index in [1.165, 1.54) is 52.9 Å². The van der Waals surface area contributed by atoms with Gasteiger partial charge < -0.3 is 35.4 Å². The smallest absolute Gasteiger partial charge is 0.329 e. The van der Waals surface area contributed by atoms with Gasteiger partial charge in [-0.2, -0.15) is 0 Å². The number of rotatable bonds is 9. The number of cyclic esters (lactones) is 1. The van der Waals surface area contributed by atoms with E-state index in [0.29, 0.717) is 56.9 Å². The number of halogens is 1. The van der Waals surface area contributed by atoms with Crippen LogP contribution in [0.2, 0.25) is 0 Å². The maximum Gasteiger partial charge on any atom is 0.329 e. The first kappa shape index (κ1) is 40.4. The Morgan fingerprint density at radius 1 is 1.00 bits per heavy atom. The summed E-state index contributed by atoms with van der Waals surface area (Å²) in [6, 6.07) is -0.131. The zero-order valence-corrected chi connectivity index (χ0v) is 31.6. The molecule has 5 rings (SSSR count). The summed E-state index contributed by atoms with van der Waals surface area (Å²) in [7, 11) is 1.54. The monoisotopic (exact) mass is 752 g/mol. The average molecular weight is 753 g/mol. The highest BCUT2D eigenvalue weighted by molar-refractivity contribution is 6.00. The number of allylic oxidation sites excluding steroid dienone is 1. The van der Waals surface area contributed by atoms with Crippen LogP contribution < -0.4 is 16.0 Å².